The summed E-state index contributed by atoms with van der Waals surface area (Å²) in [5.41, 5.74) is 0.486. The van der Waals surface area contributed by atoms with Crippen molar-refractivity contribution in [2.24, 2.45) is 0 Å². The number of rotatable bonds is 2. The Morgan fingerprint density at radius 2 is 2.30 bits per heavy atom. The molecule has 1 rings (SSSR count). The molecule has 1 aliphatic rings. The Hall–Kier alpha value is 0.660. The van der Waals surface area contributed by atoms with Crippen LogP contribution in [0.3, 0.4) is 0 Å². The summed E-state index contributed by atoms with van der Waals surface area (Å²) in [4.78, 5) is 0. The van der Waals surface area contributed by atoms with Crippen LogP contribution in [-0.4, -0.2) is 29.3 Å². The lowest BCUT2D eigenvalue weighted by molar-refractivity contribution is 0.123. The van der Waals surface area contributed by atoms with Crippen LogP contribution in [-0.2, 0) is 4.74 Å². The molecule has 1 atom stereocenters. The highest BCUT2D eigenvalue weighted by molar-refractivity contribution is 8.03. The summed E-state index contributed by atoms with van der Waals surface area (Å²) in [7, 11) is 0. The van der Waals surface area contributed by atoms with Gasteiger partial charge in [-0.2, -0.15) is 11.8 Å². The summed E-state index contributed by atoms with van der Waals surface area (Å²) in [6.07, 6.45) is 1.23. The molecule has 1 aliphatic heterocycles. The molecule has 0 amide bonds. The molecule has 1 unspecified atom stereocenters. The molecule has 1 heterocycles. The molecular weight excluding hydrogens is 164 g/mol. The predicted octanol–water partition coefficient (Wildman–Crippen LogP) is 2.22. The summed E-state index contributed by atoms with van der Waals surface area (Å²) in [6, 6.07) is 0. The molecule has 60 valence electrons. The molecule has 3 heteroatoms. The molecule has 0 aromatic rings. The maximum atomic E-state index is 5.51. The zero-order chi connectivity index (χ0) is 7.23. The van der Waals surface area contributed by atoms with Crippen molar-refractivity contribution in [1.29, 1.82) is 0 Å². The fourth-order valence-corrected chi connectivity index (χ4v) is 3.29. The van der Waals surface area contributed by atoms with E-state index in [1.807, 2.05) is 23.5 Å². The van der Waals surface area contributed by atoms with Crippen LogP contribution in [0.5, 0.6) is 0 Å². The average Bonchev–Trinajstić information content (AvgIpc) is 2.17. The van der Waals surface area contributed by atoms with Crippen molar-refractivity contribution < 1.29 is 4.74 Å². The minimum Gasteiger partial charge on any atom is -0.368 e. The normalized spacial score (nSPS) is 27.9. The van der Waals surface area contributed by atoms with E-state index in [2.05, 4.69) is 6.92 Å². The second kappa shape index (κ2) is 5.33. The van der Waals surface area contributed by atoms with Gasteiger partial charge in [-0.25, -0.2) is 0 Å². The molecule has 0 bridgehead atoms. The van der Waals surface area contributed by atoms with E-state index >= 15 is 0 Å². The number of thioether (sulfide) groups is 2. The van der Waals surface area contributed by atoms with Gasteiger partial charge in [0.1, 0.15) is 5.44 Å². The fourth-order valence-electron chi connectivity index (χ4n) is 0.921. The van der Waals surface area contributed by atoms with E-state index in [1.165, 1.54) is 23.7 Å². The Labute approximate surface area is 71.3 Å². The van der Waals surface area contributed by atoms with Gasteiger partial charge in [-0.1, -0.05) is 0 Å². The lowest BCUT2D eigenvalue weighted by Crippen LogP contribution is -2.08. The lowest BCUT2D eigenvalue weighted by atomic mass is 10.5. The Balaban J connectivity index is 2.15. The van der Waals surface area contributed by atoms with Crippen molar-refractivity contribution in [1.82, 2.24) is 0 Å². The van der Waals surface area contributed by atoms with Crippen molar-refractivity contribution in [3.63, 3.8) is 0 Å². The Kier molecular flexibility index (Phi) is 4.66. The minimum absolute atomic E-state index is 0.486. The minimum atomic E-state index is 0.486. The second-order valence-electron chi connectivity index (χ2n) is 2.16. The maximum Gasteiger partial charge on any atom is 0.104 e. The smallest absolute Gasteiger partial charge is 0.104 e. The van der Waals surface area contributed by atoms with Crippen LogP contribution in [0, 0.1) is 0 Å². The summed E-state index contributed by atoms with van der Waals surface area (Å²) in [5, 5.41) is 0. The van der Waals surface area contributed by atoms with E-state index < -0.39 is 0 Å². The lowest BCUT2D eigenvalue weighted by Gasteiger charge is -2.11. The maximum absolute atomic E-state index is 5.51. The highest BCUT2D eigenvalue weighted by Crippen LogP contribution is 2.23. The Morgan fingerprint density at radius 1 is 1.40 bits per heavy atom. The van der Waals surface area contributed by atoms with Gasteiger partial charge in [-0.05, 0) is 19.1 Å². The number of ether oxygens (including phenoxy) is 1. The van der Waals surface area contributed by atoms with E-state index in [9.17, 15) is 0 Å². The molecule has 0 aromatic heterocycles. The zero-order valence-electron chi connectivity index (χ0n) is 6.34. The standard InChI is InChI=1S/C7H14OS2/c1-2-8-7-3-4-9-5-6-10-7/h7H,2-6H2,1H3. The summed E-state index contributed by atoms with van der Waals surface area (Å²) in [5.74, 6) is 3.83. The molecule has 0 spiro atoms. The number of hydrogen-bond acceptors (Lipinski definition) is 3. The second-order valence-corrected chi connectivity index (χ2v) is 4.65. The van der Waals surface area contributed by atoms with Crippen LogP contribution in [0.4, 0.5) is 0 Å². The van der Waals surface area contributed by atoms with E-state index in [-0.39, 0.29) is 0 Å². The van der Waals surface area contributed by atoms with Crippen molar-refractivity contribution in [3.8, 4) is 0 Å². The van der Waals surface area contributed by atoms with Gasteiger partial charge in [0.25, 0.3) is 0 Å². The Morgan fingerprint density at radius 3 is 3.10 bits per heavy atom. The number of hydrogen-bond donors (Lipinski definition) is 0. The SMILES string of the molecule is CCOC1CCSCCS1. The van der Waals surface area contributed by atoms with Crippen molar-refractivity contribution in [3.05, 3.63) is 0 Å². The highest BCUT2D eigenvalue weighted by atomic mass is 32.2. The van der Waals surface area contributed by atoms with E-state index in [0.29, 0.717) is 5.44 Å². The van der Waals surface area contributed by atoms with Crippen LogP contribution < -0.4 is 0 Å². The van der Waals surface area contributed by atoms with Crippen LogP contribution in [0.2, 0.25) is 0 Å². The van der Waals surface area contributed by atoms with E-state index in [0.717, 1.165) is 6.61 Å². The fraction of sp³-hybridized carbons (Fsp3) is 1.00. The van der Waals surface area contributed by atoms with Crippen molar-refractivity contribution >= 4 is 23.5 Å². The summed E-state index contributed by atoms with van der Waals surface area (Å²) < 4.78 is 5.51. The highest BCUT2D eigenvalue weighted by Gasteiger charge is 2.11. The molecule has 1 nitrogen and oxygen atoms in total. The van der Waals surface area contributed by atoms with E-state index in [4.69, 9.17) is 4.74 Å². The molecule has 1 saturated heterocycles. The van der Waals surface area contributed by atoms with Gasteiger partial charge in [0.15, 0.2) is 0 Å². The third kappa shape index (κ3) is 3.17. The molecule has 0 radical (unpaired) electrons. The van der Waals surface area contributed by atoms with Crippen molar-refractivity contribution in [2.75, 3.05) is 23.9 Å². The van der Waals surface area contributed by atoms with Crippen molar-refractivity contribution in [2.45, 2.75) is 18.8 Å². The molecule has 0 aromatic carbocycles. The Bertz CT molecular complexity index is 79.7. The van der Waals surface area contributed by atoms with E-state index in [1.54, 1.807) is 0 Å². The quantitative estimate of drug-likeness (QED) is 0.641. The first-order valence-electron chi connectivity index (χ1n) is 3.74. The van der Waals surface area contributed by atoms with Gasteiger partial charge in [0.2, 0.25) is 0 Å². The summed E-state index contributed by atoms with van der Waals surface area (Å²) in [6.45, 7) is 2.93. The molecule has 1 fully saturated rings. The zero-order valence-corrected chi connectivity index (χ0v) is 7.97. The first-order chi connectivity index (χ1) is 4.93. The van der Waals surface area contributed by atoms with Crippen LogP contribution in [0.25, 0.3) is 0 Å². The molecular formula is C7H14OS2. The topological polar surface area (TPSA) is 9.23 Å². The van der Waals surface area contributed by atoms with Crippen LogP contribution >= 0.6 is 23.5 Å². The largest absolute Gasteiger partial charge is 0.368 e. The molecule has 0 N–H and O–H groups in total. The third-order valence-electron chi connectivity index (χ3n) is 1.38. The molecule has 0 aliphatic carbocycles. The van der Waals surface area contributed by atoms with Crippen LogP contribution in [0.15, 0.2) is 0 Å². The van der Waals surface area contributed by atoms with Gasteiger partial charge in [-0.3, -0.25) is 0 Å². The van der Waals surface area contributed by atoms with Crippen LogP contribution in [0.1, 0.15) is 13.3 Å². The monoisotopic (exact) mass is 178 g/mol. The predicted molar refractivity (Wildman–Crippen MR) is 49.8 cm³/mol. The molecule has 0 saturated carbocycles. The van der Waals surface area contributed by atoms with Gasteiger partial charge in [-0.15, -0.1) is 11.8 Å². The first kappa shape index (κ1) is 8.75. The van der Waals surface area contributed by atoms with Gasteiger partial charge >= 0.3 is 0 Å². The average molecular weight is 178 g/mol. The van der Waals surface area contributed by atoms with Gasteiger partial charge in [0.05, 0.1) is 0 Å². The first-order valence-corrected chi connectivity index (χ1v) is 5.94. The van der Waals surface area contributed by atoms with Gasteiger partial charge < -0.3 is 4.74 Å². The van der Waals surface area contributed by atoms with Gasteiger partial charge in [0, 0.05) is 18.1 Å². The summed E-state index contributed by atoms with van der Waals surface area (Å²) >= 11 is 4.01. The molecule has 10 heavy (non-hydrogen) atoms. The third-order valence-corrected chi connectivity index (χ3v) is 3.84.